The van der Waals surface area contributed by atoms with E-state index in [1.54, 1.807) is 11.3 Å². The second-order valence-corrected chi connectivity index (χ2v) is 7.22. The zero-order valence-corrected chi connectivity index (χ0v) is 15.3. The summed E-state index contributed by atoms with van der Waals surface area (Å²) in [5.74, 6) is 1.12. The molecule has 1 aromatic heterocycles. The van der Waals surface area contributed by atoms with Gasteiger partial charge >= 0.3 is 0 Å². The lowest BCUT2D eigenvalue weighted by Crippen LogP contribution is -2.47. The summed E-state index contributed by atoms with van der Waals surface area (Å²) in [4.78, 5) is 11.1. The fourth-order valence-corrected chi connectivity index (χ4v) is 3.93. The molecule has 0 atom stereocenters. The van der Waals surface area contributed by atoms with E-state index < -0.39 is 0 Å². The lowest BCUT2D eigenvalue weighted by Gasteiger charge is -2.34. The van der Waals surface area contributed by atoms with Crippen molar-refractivity contribution in [2.75, 3.05) is 38.5 Å². The SMILES string of the molecule is Cc1cc2c(s1)Nc1ccccc1N=C2N1CCN(C)CC1.O.O.O. The van der Waals surface area contributed by atoms with Crippen LogP contribution in [0.3, 0.4) is 0 Å². The van der Waals surface area contributed by atoms with Crippen LogP contribution in [0.1, 0.15) is 10.4 Å². The molecule has 138 valence electrons. The fraction of sp³-hybridized carbons (Fsp3) is 0.353. The van der Waals surface area contributed by atoms with Crippen molar-refractivity contribution >= 4 is 33.5 Å². The van der Waals surface area contributed by atoms with Gasteiger partial charge in [-0.15, -0.1) is 11.3 Å². The zero-order chi connectivity index (χ0) is 15.1. The minimum absolute atomic E-state index is 0. The van der Waals surface area contributed by atoms with Crippen molar-refractivity contribution in [2.45, 2.75) is 6.92 Å². The number of nitrogens with zero attached hydrogens (tertiary/aromatic N) is 3. The standard InChI is InChI=1S/C17H20N4S.3H2O/c1-12-11-13-16(21-9-7-20(2)8-10-21)18-14-5-3-4-6-15(14)19-17(13)22-12;;;/h3-6,11,19H,7-10H2,1-2H3;3*1H2. The Hall–Kier alpha value is -1.97. The van der Waals surface area contributed by atoms with Crippen molar-refractivity contribution in [3.8, 4) is 0 Å². The van der Waals surface area contributed by atoms with Crippen LogP contribution in [0.25, 0.3) is 0 Å². The molecule has 1 saturated heterocycles. The maximum Gasteiger partial charge on any atom is 0.139 e. The highest BCUT2D eigenvalue weighted by Gasteiger charge is 2.25. The number of hydrogen-bond acceptors (Lipinski definition) is 5. The Kier molecular flexibility index (Phi) is 7.09. The number of anilines is 2. The van der Waals surface area contributed by atoms with Crippen molar-refractivity contribution in [2.24, 2.45) is 4.99 Å². The van der Waals surface area contributed by atoms with Gasteiger partial charge in [0.25, 0.3) is 0 Å². The third kappa shape index (κ3) is 4.00. The maximum absolute atomic E-state index is 5.01. The molecule has 3 heterocycles. The Labute approximate surface area is 151 Å². The average molecular weight is 366 g/mol. The van der Waals surface area contributed by atoms with Crippen LogP contribution < -0.4 is 5.32 Å². The van der Waals surface area contributed by atoms with Crippen LogP contribution in [-0.2, 0) is 0 Å². The summed E-state index contributed by atoms with van der Waals surface area (Å²) in [6.07, 6.45) is 0. The van der Waals surface area contributed by atoms with Crippen molar-refractivity contribution in [3.05, 3.63) is 40.8 Å². The number of fused-ring (bicyclic) bond motifs is 2. The minimum Gasteiger partial charge on any atom is -0.412 e. The third-order valence-corrected chi connectivity index (χ3v) is 5.24. The average Bonchev–Trinajstić information content (AvgIpc) is 2.80. The molecule has 0 bridgehead atoms. The Morgan fingerprint density at radius 2 is 1.72 bits per heavy atom. The summed E-state index contributed by atoms with van der Waals surface area (Å²) in [6.45, 7) is 6.41. The van der Waals surface area contributed by atoms with Crippen LogP contribution in [0.5, 0.6) is 0 Å². The molecule has 0 saturated carbocycles. The van der Waals surface area contributed by atoms with E-state index in [9.17, 15) is 0 Å². The molecular formula is C17H26N4O3S. The van der Waals surface area contributed by atoms with Gasteiger partial charge in [0.15, 0.2) is 0 Å². The molecule has 7 nitrogen and oxygen atoms in total. The summed E-state index contributed by atoms with van der Waals surface area (Å²) in [5, 5.41) is 4.78. The van der Waals surface area contributed by atoms with E-state index in [-0.39, 0.29) is 16.4 Å². The van der Waals surface area contributed by atoms with Crippen LogP contribution >= 0.6 is 11.3 Å². The molecule has 2 aliphatic rings. The van der Waals surface area contributed by atoms with Crippen molar-refractivity contribution in [1.29, 1.82) is 0 Å². The second-order valence-electron chi connectivity index (χ2n) is 5.97. The molecule has 0 unspecified atom stereocenters. The quantitative estimate of drug-likeness (QED) is 0.746. The summed E-state index contributed by atoms with van der Waals surface area (Å²) in [5.41, 5.74) is 3.36. The van der Waals surface area contributed by atoms with Crippen LogP contribution in [-0.4, -0.2) is 65.3 Å². The number of piperazine rings is 1. The number of hydrogen-bond donors (Lipinski definition) is 1. The van der Waals surface area contributed by atoms with Crippen molar-refractivity contribution in [3.63, 3.8) is 0 Å². The van der Waals surface area contributed by atoms with E-state index in [1.165, 1.54) is 15.4 Å². The molecule has 1 aromatic carbocycles. The lowest BCUT2D eigenvalue weighted by molar-refractivity contribution is 0.216. The van der Waals surface area contributed by atoms with Gasteiger partial charge in [-0.05, 0) is 32.2 Å². The summed E-state index contributed by atoms with van der Waals surface area (Å²) >= 11 is 1.81. The van der Waals surface area contributed by atoms with Gasteiger partial charge in [-0.25, -0.2) is 4.99 Å². The number of aliphatic imine (C=N–C) groups is 1. The molecule has 1 fully saturated rings. The number of nitrogens with one attached hydrogen (secondary N) is 1. The number of rotatable bonds is 0. The Bertz CT molecular complexity index is 739. The van der Waals surface area contributed by atoms with Crippen LogP contribution in [0.2, 0.25) is 0 Å². The number of amidine groups is 1. The lowest BCUT2D eigenvalue weighted by atomic mass is 10.2. The number of thiophene rings is 1. The van der Waals surface area contributed by atoms with Crippen molar-refractivity contribution in [1.82, 2.24) is 9.80 Å². The van der Waals surface area contributed by atoms with E-state index in [1.807, 2.05) is 0 Å². The molecule has 8 heteroatoms. The maximum atomic E-state index is 5.01. The van der Waals surface area contributed by atoms with Crippen molar-refractivity contribution < 1.29 is 16.4 Å². The normalized spacial score (nSPS) is 15.9. The van der Waals surface area contributed by atoms with Gasteiger partial charge in [-0.3, -0.25) is 0 Å². The predicted octanol–water partition coefficient (Wildman–Crippen LogP) is 0.965. The number of para-hydroxylation sites is 2. The fourth-order valence-electron chi connectivity index (χ4n) is 3.01. The second kappa shape index (κ2) is 8.41. The minimum atomic E-state index is 0. The van der Waals surface area contributed by atoms with Gasteiger partial charge in [-0.2, -0.15) is 0 Å². The first-order valence-corrected chi connectivity index (χ1v) is 8.51. The van der Waals surface area contributed by atoms with Crippen LogP contribution in [0.4, 0.5) is 16.4 Å². The highest BCUT2D eigenvalue weighted by Crippen LogP contribution is 2.39. The van der Waals surface area contributed by atoms with Crippen LogP contribution in [0.15, 0.2) is 35.3 Å². The molecule has 0 radical (unpaired) electrons. The first-order chi connectivity index (χ1) is 10.7. The van der Waals surface area contributed by atoms with E-state index >= 15 is 0 Å². The topological polar surface area (TPSA) is 125 Å². The Morgan fingerprint density at radius 3 is 2.44 bits per heavy atom. The largest absolute Gasteiger partial charge is 0.412 e. The Balaban J connectivity index is 0.00000104. The molecule has 2 aromatic rings. The van der Waals surface area contributed by atoms with E-state index in [2.05, 4.69) is 59.4 Å². The molecule has 0 spiro atoms. The van der Waals surface area contributed by atoms with Gasteiger partial charge in [0.1, 0.15) is 10.8 Å². The number of likely N-dealkylation sites (N-methyl/N-ethyl adjacent to an activating group) is 1. The zero-order valence-electron chi connectivity index (χ0n) is 14.5. The van der Waals surface area contributed by atoms with Gasteiger partial charge in [0.2, 0.25) is 0 Å². The molecule has 25 heavy (non-hydrogen) atoms. The first-order valence-electron chi connectivity index (χ1n) is 7.70. The molecule has 4 rings (SSSR count). The van der Waals surface area contributed by atoms with Gasteiger partial charge < -0.3 is 31.5 Å². The highest BCUT2D eigenvalue weighted by molar-refractivity contribution is 7.16. The van der Waals surface area contributed by atoms with Gasteiger partial charge in [0, 0.05) is 31.1 Å². The summed E-state index contributed by atoms with van der Waals surface area (Å²) < 4.78 is 0. The molecule has 0 amide bonds. The molecular weight excluding hydrogens is 340 g/mol. The highest BCUT2D eigenvalue weighted by atomic mass is 32.1. The van der Waals surface area contributed by atoms with Gasteiger partial charge in [-0.1, -0.05) is 12.1 Å². The third-order valence-electron chi connectivity index (χ3n) is 4.28. The summed E-state index contributed by atoms with van der Waals surface area (Å²) in [7, 11) is 2.18. The van der Waals surface area contributed by atoms with E-state index in [0.717, 1.165) is 43.4 Å². The van der Waals surface area contributed by atoms with E-state index in [0.29, 0.717) is 0 Å². The monoisotopic (exact) mass is 366 g/mol. The van der Waals surface area contributed by atoms with Gasteiger partial charge in [0.05, 0.1) is 16.9 Å². The predicted molar refractivity (Wildman–Crippen MR) is 105 cm³/mol. The molecule has 0 aliphatic carbocycles. The smallest absolute Gasteiger partial charge is 0.139 e. The Morgan fingerprint density at radius 1 is 1.04 bits per heavy atom. The molecule has 7 N–H and O–H groups in total. The van der Waals surface area contributed by atoms with E-state index in [4.69, 9.17) is 4.99 Å². The van der Waals surface area contributed by atoms with Crippen LogP contribution in [0, 0.1) is 6.92 Å². The first kappa shape index (κ1) is 21.1. The summed E-state index contributed by atoms with van der Waals surface area (Å²) in [6, 6.07) is 10.6. The number of aryl methyl sites for hydroxylation is 1. The molecule has 2 aliphatic heterocycles. The number of benzene rings is 1.